The lowest BCUT2D eigenvalue weighted by molar-refractivity contribution is -0.0560. The van der Waals surface area contributed by atoms with Crippen molar-refractivity contribution in [1.82, 2.24) is 0 Å². The van der Waals surface area contributed by atoms with E-state index in [1.807, 2.05) is 0 Å². The van der Waals surface area contributed by atoms with Crippen LogP contribution in [-0.4, -0.2) is 17.9 Å². The van der Waals surface area contributed by atoms with Gasteiger partial charge >= 0.3 is 0 Å². The van der Waals surface area contributed by atoms with Gasteiger partial charge < -0.3 is 10.2 Å². The molecule has 0 aromatic rings. The summed E-state index contributed by atoms with van der Waals surface area (Å²) in [5.41, 5.74) is 0. The Morgan fingerprint density at radius 1 is 1.25 bits per heavy atom. The SMILES string of the molecule is CCCCCCC(I)C(O)(O)I. The lowest BCUT2D eigenvalue weighted by atomic mass is 10.1. The van der Waals surface area contributed by atoms with Crippen molar-refractivity contribution in [3.63, 3.8) is 0 Å². The van der Waals surface area contributed by atoms with Gasteiger partial charge in [0.15, 0.2) is 0 Å². The Morgan fingerprint density at radius 2 is 1.83 bits per heavy atom. The third kappa shape index (κ3) is 6.85. The molecule has 0 radical (unpaired) electrons. The zero-order valence-corrected chi connectivity index (χ0v) is 11.6. The second-order valence-electron chi connectivity index (χ2n) is 2.95. The summed E-state index contributed by atoms with van der Waals surface area (Å²) in [7, 11) is 0. The Balaban J connectivity index is 3.38. The molecule has 0 amide bonds. The fourth-order valence-electron chi connectivity index (χ4n) is 0.934. The van der Waals surface area contributed by atoms with Gasteiger partial charge in [0.05, 0.1) is 3.92 Å². The van der Waals surface area contributed by atoms with Crippen LogP contribution < -0.4 is 0 Å². The lowest BCUT2D eigenvalue weighted by Crippen LogP contribution is -2.30. The molecule has 1 atom stereocenters. The first kappa shape index (κ1) is 13.4. The normalized spacial score (nSPS) is 14.8. The molecule has 0 rings (SSSR count). The fourth-order valence-corrected chi connectivity index (χ4v) is 1.69. The molecule has 2 nitrogen and oxygen atoms in total. The van der Waals surface area contributed by atoms with Crippen LogP contribution in [0.3, 0.4) is 0 Å². The molecule has 1 unspecified atom stereocenters. The summed E-state index contributed by atoms with van der Waals surface area (Å²) in [6, 6.07) is 0. The second kappa shape index (κ2) is 6.78. The first-order valence-electron chi connectivity index (χ1n) is 4.26. The van der Waals surface area contributed by atoms with Crippen molar-refractivity contribution in [3.05, 3.63) is 0 Å². The molecule has 0 aliphatic heterocycles. The highest BCUT2D eigenvalue weighted by Crippen LogP contribution is 2.27. The molecule has 0 saturated carbocycles. The average Bonchev–Trinajstić information content (AvgIpc) is 1.96. The van der Waals surface area contributed by atoms with Crippen molar-refractivity contribution in [2.75, 3.05) is 0 Å². The van der Waals surface area contributed by atoms with Crippen LogP contribution >= 0.6 is 45.2 Å². The maximum atomic E-state index is 9.18. The molecule has 0 aromatic heterocycles. The van der Waals surface area contributed by atoms with Crippen LogP contribution in [0.2, 0.25) is 0 Å². The van der Waals surface area contributed by atoms with Crippen molar-refractivity contribution in [2.24, 2.45) is 0 Å². The standard InChI is InChI=1S/C8H16I2O2/c1-2-3-4-5-6-7(9)8(10,11)12/h7,11-12H,2-6H2,1H3. The monoisotopic (exact) mass is 398 g/mol. The summed E-state index contributed by atoms with van der Waals surface area (Å²) in [6.45, 7) is 2.17. The fraction of sp³-hybridized carbons (Fsp3) is 1.00. The minimum absolute atomic E-state index is 0.0624. The average molecular weight is 398 g/mol. The minimum Gasteiger partial charge on any atom is -0.357 e. The summed E-state index contributed by atoms with van der Waals surface area (Å²) < 4.78 is -1.60. The molecule has 0 aromatic carbocycles. The quantitative estimate of drug-likeness (QED) is 0.313. The van der Waals surface area contributed by atoms with Crippen LogP contribution in [0, 0.1) is 0 Å². The van der Waals surface area contributed by atoms with Crippen LogP contribution in [0.15, 0.2) is 0 Å². The molecule has 2 N–H and O–H groups in total. The number of halogens is 2. The van der Waals surface area contributed by atoms with Gasteiger partial charge in [-0.3, -0.25) is 0 Å². The first-order chi connectivity index (χ1) is 5.48. The van der Waals surface area contributed by atoms with Gasteiger partial charge in [0, 0.05) is 0 Å². The van der Waals surface area contributed by atoms with E-state index in [0.717, 1.165) is 12.8 Å². The molecule has 74 valence electrons. The Kier molecular flexibility index (Phi) is 7.56. The Bertz CT molecular complexity index is 112. The summed E-state index contributed by atoms with van der Waals surface area (Å²) in [5.74, 6) is 0. The van der Waals surface area contributed by atoms with Gasteiger partial charge in [0.2, 0.25) is 3.79 Å². The van der Waals surface area contributed by atoms with E-state index in [2.05, 4.69) is 29.5 Å². The lowest BCUT2D eigenvalue weighted by Gasteiger charge is -2.20. The molecular formula is C8H16I2O2. The van der Waals surface area contributed by atoms with Crippen LogP contribution in [0.4, 0.5) is 0 Å². The number of hydrogen-bond acceptors (Lipinski definition) is 2. The third-order valence-corrected chi connectivity index (χ3v) is 5.14. The molecule has 0 saturated heterocycles. The van der Waals surface area contributed by atoms with E-state index in [-0.39, 0.29) is 3.92 Å². The summed E-state index contributed by atoms with van der Waals surface area (Å²) in [6.07, 6.45) is 5.64. The smallest absolute Gasteiger partial charge is 0.228 e. The second-order valence-corrected chi connectivity index (χ2v) is 6.04. The van der Waals surface area contributed by atoms with Crippen molar-refractivity contribution in [2.45, 2.75) is 46.7 Å². The highest BCUT2D eigenvalue weighted by atomic mass is 127. The Morgan fingerprint density at radius 3 is 2.25 bits per heavy atom. The maximum Gasteiger partial charge on any atom is 0.228 e. The molecule has 0 fully saturated rings. The van der Waals surface area contributed by atoms with Gasteiger partial charge in [-0.05, 0) is 29.0 Å². The van der Waals surface area contributed by atoms with E-state index in [1.54, 1.807) is 22.6 Å². The number of hydrogen-bond donors (Lipinski definition) is 2. The molecule has 0 spiro atoms. The summed E-state index contributed by atoms with van der Waals surface area (Å²) >= 11 is 3.76. The largest absolute Gasteiger partial charge is 0.357 e. The van der Waals surface area contributed by atoms with Gasteiger partial charge in [-0.15, -0.1) is 0 Å². The van der Waals surface area contributed by atoms with Crippen LogP contribution in [0.25, 0.3) is 0 Å². The third-order valence-electron chi connectivity index (χ3n) is 1.71. The van der Waals surface area contributed by atoms with E-state index in [9.17, 15) is 10.2 Å². The van der Waals surface area contributed by atoms with E-state index >= 15 is 0 Å². The molecule has 0 aliphatic carbocycles. The van der Waals surface area contributed by atoms with Crippen molar-refractivity contribution >= 4 is 45.2 Å². The summed E-state index contributed by atoms with van der Waals surface area (Å²) in [4.78, 5) is 0. The predicted octanol–water partition coefficient (Wildman–Crippen LogP) is 2.83. The number of unbranched alkanes of at least 4 members (excludes halogenated alkanes) is 3. The van der Waals surface area contributed by atoms with E-state index < -0.39 is 3.79 Å². The van der Waals surface area contributed by atoms with E-state index in [4.69, 9.17) is 0 Å². The van der Waals surface area contributed by atoms with E-state index in [0.29, 0.717) is 0 Å². The van der Waals surface area contributed by atoms with Gasteiger partial charge in [-0.1, -0.05) is 55.2 Å². The number of aliphatic hydroxyl groups is 2. The van der Waals surface area contributed by atoms with Gasteiger partial charge in [0.1, 0.15) is 0 Å². The van der Waals surface area contributed by atoms with E-state index in [1.165, 1.54) is 19.3 Å². The summed E-state index contributed by atoms with van der Waals surface area (Å²) in [5, 5.41) is 18.4. The number of alkyl halides is 2. The predicted molar refractivity (Wildman–Crippen MR) is 67.8 cm³/mol. The highest BCUT2D eigenvalue weighted by molar-refractivity contribution is 14.1. The van der Waals surface area contributed by atoms with Crippen LogP contribution in [0.5, 0.6) is 0 Å². The van der Waals surface area contributed by atoms with Crippen molar-refractivity contribution < 1.29 is 10.2 Å². The maximum absolute atomic E-state index is 9.18. The van der Waals surface area contributed by atoms with Gasteiger partial charge in [0.25, 0.3) is 0 Å². The van der Waals surface area contributed by atoms with Crippen molar-refractivity contribution in [3.8, 4) is 0 Å². The Hall–Kier alpha value is 1.38. The zero-order chi connectivity index (χ0) is 9.61. The Labute approximate surface area is 101 Å². The zero-order valence-electron chi connectivity index (χ0n) is 7.26. The minimum atomic E-state index is -1.54. The molecule has 0 bridgehead atoms. The first-order valence-corrected chi connectivity index (χ1v) is 6.58. The molecule has 0 heterocycles. The van der Waals surface area contributed by atoms with Gasteiger partial charge in [-0.2, -0.15) is 0 Å². The topological polar surface area (TPSA) is 40.5 Å². The van der Waals surface area contributed by atoms with Crippen LogP contribution in [-0.2, 0) is 0 Å². The molecular weight excluding hydrogens is 382 g/mol. The van der Waals surface area contributed by atoms with Crippen LogP contribution in [0.1, 0.15) is 39.0 Å². The van der Waals surface area contributed by atoms with Gasteiger partial charge in [-0.25, -0.2) is 0 Å². The molecule has 4 heteroatoms. The highest BCUT2D eigenvalue weighted by Gasteiger charge is 2.27. The molecule has 0 aliphatic rings. The molecule has 12 heavy (non-hydrogen) atoms. The van der Waals surface area contributed by atoms with Crippen molar-refractivity contribution in [1.29, 1.82) is 0 Å². The number of rotatable bonds is 6.